The fourth-order valence-corrected chi connectivity index (χ4v) is 3.89. The molecule has 29 heavy (non-hydrogen) atoms. The van der Waals surface area contributed by atoms with Gasteiger partial charge in [0, 0.05) is 11.1 Å². The number of fused-ring (bicyclic) bond motifs is 1. The number of ether oxygens (including phenoxy) is 1. The van der Waals surface area contributed by atoms with Crippen LogP contribution in [0.5, 0.6) is 0 Å². The highest BCUT2D eigenvalue weighted by Crippen LogP contribution is 2.45. The highest BCUT2D eigenvalue weighted by molar-refractivity contribution is 5.95. The molecule has 0 radical (unpaired) electrons. The van der Waals surface area contributed by atoms with Crippen LogP contribution >= 0.6 is 0 Å². The fourth-order valence-electron chi connectivity index (χ4n) is 3.89. The summed E-state index contributed by atoms with van der Waals surface area (Å²) in [5.41, 5.74) is 2.75. The van der Waals surface area contributed by atoms with E-state index in [9.17, 15) is 9.18 Å². The average Bonchev–Trinajstić information content (AvgIpc) is 3.00. The van der Waals surface area contributed by atoms with Crippen LogP contribution in [0.25, 0.3) is 0 Å². The molecule has 1 unspecified atom stereocenters. The Morgan fingerprint density at radius 2 is 1.86 bits per heavy atom. The third-order valence-electron chi connectivity index (χ3n) is 5.21. The number of carbonyl (C=O) groups excluding carboxylic acids is 1. The van der Waals surface area contributed by atoms with Crippen LogP contribution in [0.15, 0.2) is 42.5 Å². The van der Waals surface area contributed by atoms with Crippen molar-refractivity contribution in [3.05, 3.63) is 70.5 Å². The molecule has 0 aromatic heterocycles. The maximum Gasteiger partial charge on any atom is 0.251 e. The number of hydrogen-bond donors (Lipinski definition) is 1. The molecule has 2 aromatic carbocycles. The zero-order chi connectivity index (χ0) is 21.2. The Morgan fingerprint density at radius 3 is 2.48 bits per heavy atom. The summed E-state index contributed by atoms with van der Waals surface area (Å²) < 4.78 is 19.9. The van der Waals surface area contributed by atoms with Crippen molar-refractivity contribution in [1.82, 2.24) is 10.2 Å². The molecule has 1 atom stereocenters. The molecule has 3 rings (SSSR count). The summed E-state index contributed by atoms with van der Waals surface area (Å²) >= 11 is 0. The second-order valence-corrected chi connectivity index (χ2v) is 9.11. The predicted molar refractivity (Wildman–Crippen MR) is 113 cm³/mol. The van der Waals surface area contributed by atoms with Gasteiger partial charge in [0.1, 0.15) is 11.4 Å². The van der Waals surface area contributed by atoms with Crippen LogP contribution in [-0.4, -0.2) is 37.0 Å². The van der Waals surface area contributed by atoms with Gasteiger partial charge in [-0.15, -0.1) is 0 Å². The molecule has 1 amide bonds. The lowest BCUT2D eigenvalue weighted by Crippen LogP contribution is -2.40. The van der Waals surface area contributed by atoms with Crippen molar-refractivity contribution in [2.24, 2.45) is 0 Å². The summed E-state index contributed by atoms with van der Waals surface area (Å²) in [4.78, 5) is 14.7. The van der Waals surface area contributed by atoms with Crippen molar-refractivity contribution >= 4 is 5.91 Å². The van der Waals surface area contributed by atoms with Gasteiger partial charge in [-0.2, -0.15) is 0 Å². The van der Waals surface area contributed by atoms with Crippen LogP contribution in [-0.2, 0) is 16.9 Å². The maximum atomic E-state index is 13.5. The van der Waals surface area contributed by atoms with Gasteiger partial charge in [0.05, 0.1) is 6.61 Å². The molecule has 0 bridgehead atoms. The van der Waals surface area contributed by atoms with Gasteiger partial charge in [0.15, 0.2) is 0 Å². The summed E-state index contributed by atoms with van der Waals surface area (Å²) in [6.07, 6.45) is 1.73. The van der Waals surface area contributed by atoms with E-state index in [0.29, 0.717) is 12.2 Å². The summed E-state index contributed by atoms with van der Waals surface area (Å²) in [6.45, 7) is 7.27. The zero-order valence-corrected chi connectivity index (χ0v) is 18.0. The molecule has 0 aliphatic carbocycles. The van der Waals surface area contributed by atoms with E-state index in [2.05, 4.69) is 10.2 Å². The number of nitrogens with zero attached hydrogens (tertiary/aromatic N) is 1. The molecular formula is C24H31FN2O2. The Balaban J connectivity index is 1.96. The highest BCUT2D eigenvalue weighted by Gasteiger charge is 2.41. The van der Waals surface area contributed by atoms with E-state index in [0.717, 1.165) is 36.1 Å². The average molecular weight is 399 g/mol. The molecule has 1 heterocycles. The molecule has 2 aromatic rings. The lowest BCUT2D eigenvalue weighted by molar-refractivity contribution is -0.0140. The Morgan fingerprint density at radius 1 is 1.17 bits per heavy atom. The summed E-state index contributed by atoms with van der Waals surface area (Å²) in [7, 11) is 4.10. The zero-order valence-electron chi connectivity index (χ0n) is 18.0. The minimum atomic E-state index is -0.613. The van der Waals surface area contributed by atoms with Crippen molar-refractivity contribution in [3.8, 4) is 0 Å². The number of halogens is 1. The number of nitrogens with one attached hydrogen (secondary N) is 1. The minimum Gasteiger partial charge on any atom is -0.361 e. The van der Waals surface area contributed by atoms with Gasteiger partial charge < -0.3 is 15.0 Å². The fraction of sp³-hybridized carbons (Fsp3) is 0.458. The van der Waals surface area contributed by atoms with E-state index in [-0.39, 0.29) is 17.3 Å². The Labute approximate surface area is 173 Å². The second-order valence-electron chi connectivity index (χ2n) is 9.11. The van der Waals surface area contributed by atoms with E-state index in [1.165, 1.54) is 12.1 Å². The van der Waals surface area contributed by atoms with Crippen LogP contribution in [0.3, 0.4) is 0 Å². The highest BCUT2D eigenvalue weighted by atomic mass is 19.1. The first-order chi connectivity index (χ1) is 13.6. The van der Waals surface area contributed by atoms with Crippen molar-refractivity contribution in [1.29, 1.82) is 0 Å². The maximum absolute atomic E-state index is 13.5. The smallest absolute Gasteiger partial charge is 0.251 e. The van der Waals surface area contributed by atoms with E-state index in [1.807, 2.05) is 53.1 Å². The van der Waals surface area contributed by atoms with Crippen molar-refractivity contribution in [3.63, 3.8) is 0 Å². The minimum absolute atomic E-state index is 0.0906. The van der Waals surface area contributed by atoms with Gasteiger partial charge >= 0.3 is 0 Å². The lowest BCUT2D eigenvalue weighted by atomic mass is 9.81. The van der Waals surface area contributed by atoms with Crippen LogP contribution in [0, 0.1) is 5.82 Å². The normalized spacial score (nSPS) is 18.7. The molecule has 4 nitrogen and oxygen atoms in total. The number of carbonyl (C=O) groups is 1. The van der Waals surface area contributed by atoms with E-state index < -0.39 is 5.60 Å². The van der Waals surface area contributed by atoms with Gasteiger partial charge in [-0.1, -0.05) is 18.2 Å². The third-order valence-corrected chi connectivity index (χ3v) is 5.21. The Hall–Kier alpha value is -2.24. The molecule has 0 fully saturated rings. The number of benzene rings is 2. The molecule has 1 N–H and O–H groups in total. The Kier molecular flexibility index (Phi) is 6.11. The van der Waals surface area contributed by atoms with Crippen LogP contribution in [0.2, 0.25) is 0 Å². The molecule has 5 heteroatoms. The molecule has 1 aliphatic rings. The number of hydrogen-bond acceptors (Lipinski definition) is 3. The SMILES string of the molecule is CN(C)CCCC1(c2ccc(F)cc2)OCc2cc(C(=O)NC(C)(C)C)ccc21. The summed E-state index contributed by atoms with van der Waals surface area (Å²) in [5.74, 6) is -0.350. The van der Waals surface area contributed by atoms with Crippen molar-refractivity contribution in [2.75, 3.05) is 20.6 Å². The van der Waals surface area contributed by atoms with Gasteiger partial charge in [0.2, 0.25) is 0 Å². The lowest BCUT2D eigenvalue weighted by Gasteiger charge is -2.31. The second kappa shape index (κ2) is 8.25. The number of rotatable bonds is 6. The first kappa shape index (κ1) is 21.5. The standard InChI is InChI=1S/C24H31FN2O2/c1-23(2,3)26-22(28)17-7-12-21-18(15-17)16-29-24(21,13-6-14-27(4)5)19-8-10-20(25)11-9-19/h7-12,15H,6,13-14,16H2,1-5H3,(H,26,28). The first-order valence-corrected chi connectivity index (χ1v) is 10.1. The third kappa shape index (κ3) is 4.85. The molecule has 0 spiro atoms. The largest absolute Gasteiger partial charge is 0.361 e. The van der Waals surface area contributed by atoms with Gasteiger partial charge in [-0.25, -0.2) is 4.39 Å². The Bertz CT molecular complexity index is 871. The van der Waals surface area contributed by atoms with E-state index in [4.69, 9.17) is 4.74 Å². The van der Waals surface area contributed by atoms with Crippen molar-refractivity contribution < 1.29 is 13.9 Å². The first-order valence-electron chi connectivity index (χ1n) is 10.1. The molecular weight excluding hydrogens is 367 g/mol. The van der Waals surface area contributed by atoms with Gasteiger partial charge in [0.25, 0.3) is 5.91 Å². The van der Waals surface area contributed by atoms with Gasteiger partial charge in [-0.3, -0.25) is 4.79 Å². The van der Waals surface area contributed by atoms with E-state index >= 15 is 0 Å². The quantitative estimate of drug-likeness (QED) is 0.781. The topological polar surface area (TPSA) is 41.6 Å². The van der Waals surface area contributed by atoms with Crippen LogP contribution in [0.4, 0.5) is 4.39 Å². The summed E-state index contributed by atoms with van der Waals surface area (Å²) in [6, 6.07) is 12.4. The monoisotopic (exact) mass is 398 g/mol. The molecule has 156 valence electrons. The molecule has 0 saturated heterocycles. The predicted octanol–water partition coefficient (Wildman–Crippen LogP) is 4.47. The summed E-state index contributed by atoms with van der Waals surface area (Å²) in [5, 5.41) is 3.01. The van der Waals surface area contributed by atoms with Crippen LogP contribution in [0.1, 0.15) is 60.7 Å². The van der Waals surface area contributed by atoms with Crippen molar-refractivity contribution in [2.45, 2.75) is 51.4 Å². The van der Waals surface area contributed by atoms with Gasteiger partial charge in [-0.05, 0) is 95.2 Å². The van der Waals surface area contributed by atoms with Crippen LogP contribution < -0.4 is 5.32 Å². The molecule has 1 aliphatic heterocycles. The van der Waals surface area contributed by atoms with E-state index in [1.54, 1.807) is 12.1 Å². The number of amides is 1. The molecule has 0 saturated carbocycles.